The van der Waals surface area contributed by atoms with E-state index in [2.05, 4.69) is 10.1 Å². The third kappa shape index (κ3) is 5.19. The largest absolute Gasteiger partial charge is 0.573 e. The molecule has 0 aliphatic heterocycles. The van der Waals surface area contributed by atoms with Crippen molar-refractivity contribution in [2.24, 2.45) is 0 Å². The number of amides is 1. The van der Waals surface area contributed by atoms with Gasteiger partial charge in [0.25, 0.3) is 5.91 Å². The number of ether oxygens (including phenoxy) is 2. The summed E-state index contributed by atoms with van der Waals surface area (Å²) in [5, 5.41) is 2.57. The minimum atomic E-state index is -4.75. The Morgan fingerprint density at radius 1 is 1.08 bits per heavy atom. The fourth-order valence-corrected chi connectivity index (χ4v) is 1.92. The van der Waals surface area contributed by atoms with E-state index in [1.54, 1.807) is 19.1 Å². The summed E-state index contributed by atoms with van der Waals surface area (Å²) in [5.41, 5.74) is 1.24. The molecule has 0 saturated carbocycles. The van der Waals surface area contributed by atoms with Crippen molar-refractivity contribution in [3.05, 3.63) is 54.1 Å². The first-order valence-electron chi connectivity index (χ1n) is 7.13. The lowest BCUT2D eigenvalue weighted by Crippen LogP contribution is -2.30. The normalized spacial score (nSPS) is 12.4. The Morgan fingerprint density at radius 3 is 2.29 bits per heavy atom. The summed E-state index contributed by atoms with van der Waals surface area (Å²) in [7, 11) is 0. The lowest BCUT2D eigenvalue weighted by molar-refractivity contribution is -0.274. The number of alkyl halides is 3. The van der Waals surface area contributed by atoms with Gasteiger partial charge < -0.3 is 14.8 Å². The Kier molecular flexibility index (Phi) is 5.33. The molecule has 7 heteroatoms. The van der Waals surface area contributed by atoms with Gasteiger partial charge >= 0.3 is 6.36 Å². The van der Waals surface area contributed by atoms with Crippen molar-refractivity contribution in [2.45, 2.75) is 26.3 Å². The van der Waals surface area contributed by atoms with Crippen molar-refractivity contribution in [1.82, 2.24) is 0 Å². The summed E-state index contributed by atoms with van der Waals surface area (Å²) >= 11 is 0. The highest BCUT2D eigenvalue weighted by Crippen LogP contribution is 2.24. The predicted octanol–water partition coefficient (Wildman–Crippen LogP) is 4.30. The van der Waals surface area contributed by atoms with Gasteiger partial charge in [-0.3, -0.25) is 4.79 Å². The van der Waals surface area contributed by atoms with Crippen LogP contribution in [0.5, 0.6) is 11.5 Å². The molecule has 0 aromatic heterocycles. The van der Waals surface area contributed by atoms with Crippen LogP contribution in [0.2, 0.25) is 0 Å². The average molecular weight is 339 g/mol. The van der Waals surface area contributed by atoms with Crippen molar-refractivity contribution in [2.75, 3.05) is 5.32 Å². The minimum absolute atomic E-state index is 0.342. The molecule has 0 fully saturated rings. The Hall–Kier alpha value is -2.70. The molecule has 0 saturated heterocycles. The summed E-state index contributed by atoms with van der Waals surface area (Å²) < 4.78 is 45.6. The molecule has 0 radical (unpaired) electrons. The maximum absolute atomic E-state index is 12.1. The number of aryl methyl sites for hydroxylation is 1. The number of hydrogen-bond donors (Lipinski definition) is 1. The number of anilines is 1. The van der Waals surface area contributed by atoms with Crippen LogP contribution < -0.4 is 14.8 Å². The third-order valence-electron chi connectivity index (χ3n) is 3.12. The van der Waals surface area contributed by atoms with Gasteiger partial charge in [-0.05, 0) is 49.7 Å². The highest BCUT2D eigenvalue weighted by atomic mass is 19.4. The Bertz CT molecular complexity index is 699. The summed E-state index contributed by atoms with van der Waals surface area (Å²) in [6.45, 7) is 3.45. The van der Waals surface area contributed by atoms with Crippen LogP contribution in [0.3, 0.4) is 0 Å². The van der Waals surface area contributed by atoms with Crippen molar-refractivity contribution < 1.29 is 27.4 Å². The van der Waals surface area contributed by atoms with Gasteiger partial charge in [0.2, 0.25) is 0 Å². The lowest BCUT2D eigenvalue weighted by atomic mass is 10.2. The number of rotatable bonds is 5. The molecule has 0 unspecified atom stereocenters. The Morgan fingerprint density at radius 2 is 1.71 bits per heavy atom. The molecule has 0 aliphatic carbocycles. The third-order valence-corrected chi connectivity index (χ3v) is 3.12. The standard InChI is InChI=1S/C17H16F3NO3/c1-11-5-3-4-6-15(11)23-12(2)16(22)21-13-7-9-14(10-8-13)24-17(18,19)20/h3-10,12H,1-2H3,(H,21,22)/t12-/m0/s1. The van der Waals surface area contributed by atoms with Gasteiger partial charge in [0.05, 0.1) is 0 Å². The molecular formula is C17H16F3NO3. The highest BCUT2D eigenvalue weighted by molar-refractivity contribution is 5.94. The molecule has 0 aliphatic rings. The van der Waals surface area contributed by atoms with Crippen molar-refractivity contribution in [3.8, 4) is 11.5 Å². The van der Waals surface area contributed by atoms with Crippen LogP contribution in [0, 0.1) is 6.92 Å². The van der Waals surface area contributed by atoms with E-state index in [9.17, 15) is 18.0 Å². The highest BCUT2D eigenvalue weighted by Gasteiger charge is 2.31. The molecule has 0 spiro atoms. The number of benzene rings is 2. The molecule has 4 nitrogen and oxygen atoms in total. The molecule has 24 heavy (non-hydrogen) atoms. The van der Waals surface area contributed by atoms with Gasteiger partial charge in [-0.1, -0.05) is 18.2 Å². The van der Waals surface area contributed by atoms with E-state index in [1.165, 1.54) is 12.1 Å². The van der Waals surface area contributed by atoms with Crippen LogP contribution in [0.4, 0.5) is 18.9 Å². The Balaban J connectivity index is 1.95. The van der Waals surface area contributed by atoms with E-state index in [0.717, 1.165) is 17.7 Å². The number of hydrogen-bond acceptors (Lipinski definition) is 3. The maximum Gasteiger partial charge on any atom is 0.573 e. The molecular weight excluding hydrogens is 323 g/mol. The van der Waals surface area contributed by atoms with E-state index >= 15 is 0 Å². The number of para-hydroxylation sites is 1. The summed E-state index contributed by atoms with van der Waals surface area (Å²) in [4.78, 5) is 12.1. The second kappa shape index (κ2) is 7.25. The van der Waals surface area contributed by atoms with Gasteiger partial charge in [0.1, 0.15) is 11.5 Å². The number of halogens is 3. The van der Waals surface area contributed by atoms with Crippen LogP contribution in [-0.4, -0.2) is 18.4 Å². The zero-order valence-corrected chi connectivity index (χ0v) is 13.1. The van der Waals surface area contributed by atoms with E-state index in [4.69, 9.17) is 4.74 Å². The van der Waals surface area contributed by atoms with E-state index in [-0.39, 0.29) is 5.75 Å². The van der Waals surface area contributed by atoms with Gasteiger partial charge in [0, 0.05) is 5.69 Å². The monoisotopic (exact) mass is 339 g/mol. The quantitative estimate of drug-likeness (QED) is 0.883. The van der Waals surface area contributed by atoms with Crippen LogP contribution in [0.15, 0.2) is 48.5 Å². The van der Waals surface area contributed by atoms with Gasteiger partial charge in [0.15, 0.2) is 6.10 Å². The topological polar surface area (TPSA) is 47.6 Å². The first-order valence-corrected chi connectivity index (χ1v) is 7.13. The second-order valence-electron chi connectivity index (χ2n) is 5.09. The fraction of sp³-hybridized carbons (Fsp3) is 0.235. The first kappa shape index (κ1) is 17.7. The molecule has 1 amide bonds. The summed E-state index contributed by atoms with van der Waals surface area (Å²) in [5.74, 6) is -0.179. The zero-order chi connectivity index (χ0) is 17.7. The van der Waals surface area contributed by atoms with Gasteiger partial charge in [-0.2, -0.15) is 0 Å². The summed E-state index contributed by atoms with van der Waals surface area (Å²) in [6.07, 6.45) is -5.52. The van der Waals surface area contributed by atoms with Crippen molar-refractivity contribution in [3.63, 3.8) is 0 Å². The van der Waals surface area contributed by atoms with Gasteiger partial charge in [-0.25, -0.2) is 0 Å². The molecule has 0 bridgehead atoms. The van der Waals surface area contributed by atoms with Gasteiger partial charge in [-0.15, -0.1) is 13.2 Å². The second-order valence-corrected chi connectivity index (χ2v) is 5.09. The lowest BCUT2D eigenvalue weighted by Gasteiger charge is -2.16. The summed E-state index contributed by atoms with van der Waals surface area (Å²) in [6, 6.07) is 12.1. The molecule has 1 N–H and O–H groups in total. The minimum Gasteiger partial charge on any atom is -0.481 e. The number of carbonyl (C=O) groups excluding carboxylic acids is 1. The molecule has 128 valence electrons. The van der Waals surface area contributed by atoms with E-state index in [1.807, 2.05) is 19.1 Å². The molecule has 1 atom stereocenters. The van der Waals surface area contributed by atoms with Crippen LogP contribution >= 0.6 is 0 Å². The zero-order valence-electron chi connectivity index (χ0n) is 13.1. The van der Waals surface area contributed by atoms with E-state index < -0.39 is 18.4 Å². The first-order chi connectivity index (χ1) is 11.2. The van der Waals surface area contributed by atoms with Crippen molar-refractivity contribution in [1.29, 1.82) is 0 Å². The van der Waals surface area contributed by atoms with Crippen LogP contribution in [0.25, 0.3) is 0 Å². The molecule has 2 aromatic carbocycles. The maximum atomic E-state index is 12.1. The fourth-order valence-electron chi connectivity index (χ4n) is 1.92. The number of carbonyl (C=O) groups is 1. The molecule has 2 aromatic rings. The Labute approximate surface area is 137 Å². The molecule has 2 rings (SSSR count). The molecule has 0 heterocycles. The SMILES string of the molecule is Cc1ccccc1O[C@@H](C)C(=O)Nc1ccc(OC(F)(F)F)cc1. The number of nitrogens with one attached hydrogen (secondary N) is 1. The van der Waals surface area contributed by atoms with Crippen molar-refractivity contribution >= 4 is 11.6 Å². The van der Waals surface area contributed by atoms with Crippen LogP contribution in [0.1, 0.15) is 12.5 Å². The van der Waals surface area contributed by atoms with Crippen LogP contribution in [-0.2, 0) is 4.79 Å². The average Bonchev–Trinajstić information content (AvgIpc) is 2.50. The van der Waals surface area contributed by atoms with E-state index in [0.29, 0.717) is 11.4 Å². The smallest absolute Gasteiger partial charge is 0.481 e. The predicted molar refractivity (Wildman–Crippen MR) is 83.0 cm³/mol.